The molecule has 0 fully saturated rings. The van der Waals surface area contributed by atoms with Crippen molar-refractivity contribution in [1.82, 2.24) is 0 Å². The zero-order chi connectivity index (χ0) is 17.8. The van der Waals surface area contributed by atoms with Crippen LogP contribution in [0.2, 0.25) is 0 Å². The van der Waals surface area contributed by atoms with Crippen molar-refractivity contribution in [3.63, 3.8) is 0 Å². The summed E-state index contributed by atoms with van der Waals surface area (Å²) >= 11 is 0. The van der Waals surface area contributed by atoms with Crippen LogP contribution in [0.25, 0.3) is 6.08 Å². The fourth-order valence-corrected chi connectivity index (χ4v) is 2.42. The number of carbonyl (C=O) groups excluding carboxylic acids is 2. The number of aliphatic imine (C=N–C) groups is 1. The number of cyclic esters (lactones) is 1. The Morgan fingerprint density at radius 2 is 1.84 bits per heavy atom. The molecule has 0 saturated heterocycles. The van der Waals surface area contributed by atoms with Crippen LogP contribution in [0.15, 0.2) is 59.2 Å². The van der Waals surface area contributed by atoms with E-state index in [2.05, 4.69) is 4.99 Å². The number of nitrogens with zero attached hydrogens (tertiary/aromatic N) is 1. The van der Waals surface area contributed by atoms with E-state index in [-0.39, 0.29) is 17.2 Å². The normalized spacial score (nSPS) is 14.9. The molecular formula is C19H15NO5. The van der Waals surface area contributed by atoms with Gasteiger partial charge in [-0.15, -0.1) is 0 Å². The molecule has 1 aliphatic rings. The fraction of sp³-hybridized carbons (Fsp3) is 0.105. The van der Waals surface area contributed by atoms with Gasteiger partial charge in [-0.1, -0.05) is 30.3 Å². The minimum Gasteiger partial charge on any atom is -0.496 e. The topological polar surface area (TPSA) is 74.2 Å². The molecule has 25 heavy (non-hydrogen) atoms. The van der Waals surface area contributed by atoms with Gasteiger partial charge >= 0.3 is 11.9 Å². The van der Waals surface area contributed by atoms with E-state index in [9.17, 15) is 9.59 Å². The third-order valence-electron chi connectivity index (χ3n) is 3.60. The van der Waals surface area contributed by atoms with E-state index in [0.29, 0.717) is 16.9 Å². The van der Waals surface area contributed by atoms with Gasteiger partial charge in [-0.05, 0) is 29.8 Å². The van der Waals surface area contributed by atoms with Crippen LogP contribution in [-0.2, 0) is 14.3 Å². The molecule has 6 nitrogen and oxygen atoms in total. The lowest BCUT2D eigenvalue weighted by molar-refractivity contribution is -0.129. The second-order valence-electron chi connectivity index (χ2n) is 5.12. The van der Waals surface area contributed by atoms with E-state index >= 15 is 0 Å². The molecule has 0 aliphatic carbocycles. The van der Waals surface area contributed by atoms with Gasteiger partial charge in [0.15, 0.2) is 5.70 Å². The number of esters is 2. The van der Waals surface area contributed by atoms with Gasteiger partial charge in [-0.3, -0.25) is 0 Å². The smallest absolute Gasteiger partial charge is 0.363 e. The highest BCUT2D eigenvalue weighted by Crippen LogP contribution is 2.27. The number of rotatable bonds is 4. The highest BCUT2D eigenvalue weighted by molar-refractivity contribution is 6.13. The first-order chi connectivity index (χ1) is 12.1. The van der Waals surface area contributed by atoms with Crippen LogP contribution in [0, 0.1) is 0 Å². The van der Waals surface area contributed by atoms with Crippen molar-refractivity contribution in [3.05, 3.63) is 70.9 Å². The molecule has 2 aromatic rings. The Hall–Kier alpha value is -3.41. The van der Waals surface area contributed by atoms with Gasteiger partial charge in [-0.25, -0.2) is 14.6 Å². The number of benzene rings is 2. The van der Waals surface area contributed by atoms with Crippen LogP contribution >= 0.6 is 0 Å². The molecule has 0 saturated carbocycles. The van der Waals surface area contributed by atoms with Crippen LogP contribution in [0.3, 0.4) is 0 Å². The van der Waals surface area contributed by atoms with E-state index in [4.69, 9.17) is 14.2 Å². The molecule has 0 aromatic heterocycles. The van der Waals surface area contributed by atoms with E-state index in [1.54, 1.807) is 30.3 Å². The predicted molar refractivity (Wildman–Crippen MR) is 91.4 cm³/mol. The van der Waals surface area contributed by atoms with Gasteiger partial charge in [0.1, 0.15) is 11.3 Å². The standard InChI is InChI=1S/C19H15NO5/c1-23-15-10-6-9-13(16(15)19(22)24-2)11-14-18(21)25-17(20-14)12-7-4-3-5-8-12/h3-11H,1-2H3/b14-11-. The van der Waals surface area contributed by atoms with Crippen LogP contribution < -0.4 is 4.74 Å². The lowest BCUT2D eigenvalue weighted by atomic mass is 10.1. The Morgan fingerprint density at radius 3 is 2.52 bits per heavy atom. The van der Waals surface area contributed by atoms with Crippen molar-refractivity contribution in [3.8, 4) is 5.75 Å². The first kappa shape index (κ1) is 16.4. The quantitative estimate of drug-likeness (QED) is 0.633. The summed E-state index contributed by atoms with van der Waals surface area (Å²) in [6, 6.07) is 14.1. The highest BCUT2D eigenvalue weighted by atomic mass is 16.6. The maximum Gasteiger partial charge on any atom is 0.363 e. The molecule has 126 valence electrons. The van der Waals surface area contributed by atoms with Crippen molar-refractivity contribution < 1.29 is 23.8 Å². The Kier molecular flexibility index (Phi) is 4.61. The molecule has 0 radical (unpaired) electrons. The average molecular weight is 337 g/mol. The molecule has 2 aromatic carbocycles. The zero-order valence-corrected chi connectivity index (χ0v) is 13.7. The lowest BCUT2D eigenvalue weighted by Gasteiger charge is -2.09. The number of ether oxygens (including phenoxy) is 3. The average Bonchev–Trinajstić information content (AvgIpc) is 3.02. The van der Waals surface area contributed by atoms with Gasteiger partial charge in [0, 0.05) is 5.56 Å². The van der Waals surface area contributed by atoms with Crippen molar-refractivity contribution in [2.24, 2.45) is 4.99 Å². The molecular weight excluding hydrogens is 322 g/mol. The Balaban J connectivity index is 2.05. The number of carbonyl (C=O) groups is 2. The van der Waals surface area contributed by atoms with Crippen LogP contribution in [0.4, 0.5) is 0 Å². The summed E-state index contributed by atoms with van der Waals surface area (Å²) in [6.45, 7) is 0. The summed E-state index contributed by atoms with van der Waals surface area (Å²) in [4.78, 5) is 28.4. The predicted octanol–water partition coefficient (Wildman–Crippen LogP) is 2.83. The fourth-order valence-electron chi connectivity index (χ4n) is 2.42. The zero-order valence-electron chi connectivity index (χ0n) is 13.7. The summed E-state index contributed by atoms with van der Waals surface area (Å²) in [5.41, 5.74) is 1.46. The largest absolute Gasteiger partial charge is 0.496 e. The summed E-state index contributed by atoms with van der Waals surface area (Å²) < 4.78 is 15.2. The van der Waals surface area contributed by atoms with Gasteiger partial charge in [0.05, 0.1) is 14.2 Å². The molecule has 3 rings (SSSR count). The molecule has 0 unspecified atom stereocenters. The van der Waals surface area contributed by atoms with Gasteiger partial charge in [0.25, 0.3) is 0 Å². The van der Waals surface area contributed by atoms with Crippen molar-refractivity contribution in [2.75, 3.05) is 14.2 Å². The molecule has 6 heteroatoms. The van der Waals surface area contributed by atoms with Crippen molar-refractivity contribution in [1.29, 1.82) is 0 Å². The second-order valence-corrected chi connectivity index (χ2v) is 5.12. The van der Waals surface area contributed by atoms with Crippen LogP contribution in [-0.4, -0.2) is 32.1 Å². The molecule has 0 atom stereocenters. The summed E-state index contributed by atoms with van der Waals surface area (Å²) in [5, 5.41) is 0. The highest BCUT2D eigenvalue weighted by Gasteiger charge is 2.25. The minimum atomic E-state index is -0.586. The van der Waals surface area contributed by atoms with E-state index in [0.717, 1.165) is 0 Å². The van der Waals surface area contributed by atoms with Crippen LogP contribution in [0.1, 0.15) is 21.5 Å². The monoisotopic (exact) mass is 337 g/mol. The van der Waals surface area contributed by atoms with Crippen molar-refractivity contribution >= 4 is 23.9 Å². The molecule has 0 N–H and O–H groups in total. The van der Waals surface area contributed by atoms with Gasteiger partial charge in [-0.2, -0.15) is 0 Å². The van der Waals surface area contributed by atoms with E-state index in [1.807, 2.05) is 18.2 Å². The summed E-state index contributed by atoms with van der Waals surface area (Å²) in [5.74, 6) is -0.584. The molecule has 1 heterocycles. The Labute approximate surface area is 144 Å². The number of hydrogen-bond donors (Lipinski definition) is 0. The Morgan fingerprint density at radius 1 is 1.08 bits per heavy atom. The minimum absolute atomic E-state index is 0.0947. The third-order valence-corrected chi connectivity index (χ3v) is 3.60. The van der Waals surface area contributed by atoms with Crippen molar-refractivity contribution in [2.45, 2.75) is 0 Å². The molecule has 0 amide bonds. The Bertz CT molecular complexity index is 884. The lowest BCUT2D eigenvalue weighted by Crippen LogP contribution is -2.07. The first-order valence-corrected chi connectivity index (χ1v) is 7.47. The maximum absolute atomic E-state index is 12.1. The molecule has 0 bridgehead atoms. The summed E-state index contributed by atoms with van der Waals surface area (Å²) in [6.07, 6.45) is 1.48. The van der Waals surface area contributed by atoms with E-state index in [1.165, 1.54) is 20.3 Å². The number of methoxy groups -OCH3 is 2. The van der Waals surface area contributed by atoms with E-state index < -0.39 is 11.9 Å². The first-order valence-electron chi connectivity index (χ1n) is 7.47. The van der Waals surface area contributed by atoms with Gasteiger partial charge in [0.2, 0.25) is 5.90 Å². The SMILES string of the molecule is COC(=O)c1c(/C=C2\N=C(c3ccccc3)OC2=O)cccc1OC. The summed E-state index contributed by atoms with van der Waals surface area (Å²) in [7, 11) is 2.73. The third kappa shape index (κ3) is 3.28. The van der Waals surface area contributed by atoms with Gasteiger partial charge < -0.3 is 14.2 Å². The van der Waals surface area contributed by atoms with Crippen LogP contribution in [0.5, 0.6) is 5.75 Å². The maximum atomic E-state index is 12.1. The number of hydrogen-bond acceptors (Lipinski definition) is 6. The molecule has 0 spiro atoms. The second kappa shape index (κ2) is 7.00. The molecule has 1 aliphatic heterocycles.